The van der Waals surface area contributed by atoms with E-state index in [1.807, 2.05) is 86.5 Å². The summed E-state index contributed by atoms with van der Waals surface area (Å²) in [6, 6.07) is 25.9. The van der Waals surface area contributed by atoms with Crippen molar-refractivity contribution >= 4 is 68.7 Å². The van der Waals surface area contributed by atoms with E-state index in [4.69, 9.17) is 23.2 Å². The molecule has 0 saturated carbocycles. The van der Waals surface area contributed by atoms with Gasteiger partial charge >= 0.3 is 0 Å². The highest BCUT2D eigenvalue weighted by atomic mass is 35.5. The SMILES string of the molecule is CN(C)c1ccc(N=Nc2ccc(N=Nc3ccc(N=Nc4ccc(N(C)C)cc4)cc3Cl)c(Cl)c2)cc1. The summed E-state index contributed by atoms with van der Waals surface area (Å²) in [7, 11) is 7.95. The van der Waals surface area contributed by atoms with Crippen LogP contribution in [0, 0.1) is 0 Å². The highest BCUT2D eigenvalue weighted by Gasteiger charge is 2.05. The van der Waals surface area contributed by atoms with Crippen LogP contribution in [0.5, 0.6) is 0 Å². The van der Waals surface area contributed by atoms with E-state index in [0.29, 0.717) is 32.8 Å². The molecule has 4 aromatic rings. The molecule has 0 atom stereocenters. The van der Waals surface area contributed by atoms with Gasteiger partial charge in [-0.05, 0) is 84.9 Å². The summed E-state index contributed by atoms with van der Waals surface area (Å²) >= 11 is 12.8. The lowest BCUT2D eigenvalue weighted by atomic mass is 10.3. The smallest absolute Gasteiger partial charge is 0.104 e. The molecule has 0 fully saturated rings. The largest absolute Gasteiger partial charge is 0.378 e. The molecule has 4 aromatic carbocycles. The number of benzene rings is 4. The van der Waals surface area contributed by atoms with E-state index in [0.717, 1.165) is 22.7 Å². The molecule has 0 spiro atoms. The molecule has 0 aromatic heterocycles. The molecule has 0 saturated heterocycles. The number of rotatable bonds is 8. The van der Waals surface area contributed by atoms with Crippen LogP contribution in [0.2, 0.25) is 10.0 Å². The van der Waals surface area contributed by atoms with E-state index >= 15 is 0 Å². The molecule has 10 heteroatoms. The molecule has 0 N–H and O–H groups in total. The number of hydrogen-bond acceptors (Lipinski definition) is 8. The van der Waals surface area contributed by atoms with Gasteiger partial charge in [-0.3, -0.25) is 0 Å². The Kier molecular flexibility index (Phi) is 8.78. The van der Waals surface area contributed by atoms with Crippen molar-refractivity contribution < 1.29 is 0 Å². The van der Waals surface area contributed by atoms with Crippen molar-refractivity contribution in [1.82, 2.24) is 0 Å². The van der Waals surface area contributed by atoms with Gasteiger partial charge in [-0.2, -0.15) is 20.5 Å². The zero-order valence-corrected chi connectivity index (χ0v) is 22.9. The topological polar surface area (TPSA) is 80.6 Å². The van der Waals surface area contributed by atoms with E-state index in [1.54, 1.807) is 36.4 Å². The number of hydrogen-bond donors (Lipinski definition) is 0. The summed E-state index contributed by atoms with van der Waals surface area (Å²) in [5.41, 5.74) is 5.86. The molecule has 0 aliphatic rings. The van der Waals surface area contributed by atoms with Crippen LogP contribution >= 0.6 is 23.2 Å². The molecule has 0 heterocycles. The second-order valence-electron chi connectivity index (χ2n) is 8.69. The minimum absolute atomic E-state index is 0.398. The van der Waals surface area contributed by atoms with Gasteiger partial charge in [0.2, 0.25) is 0 Å². The first-order chi connectivity index (χ1) is 18.3. The van der Waals surface area contributed by atoms with Crippen LogP contribution < -0.4 is 9.80 Å². The lowest BCUT2D eigenvalue weighted by molar-refractivity contribution is 1.13. The van der Waals surface area contributed by atoms with Crippen LogP contribution in [0.3, 0.4) is 0 Å². The molecule has 192 valence electrons. The molecule has 0 amide bonds. The number of azo groups is 3. The molecule has 0 bridgehead atoms. The van der Waals surface area contributed by atoms with Gasteiger partial charge in [-0.25, -0.2) is 0 Å². The summed E-state index contributed by atoms with van der Waals surface area (Å²) < 4.78 is 0. The molecule has 0 unspecified atom stereocenters. The van der Waals surface area contributed by atoms with Gasteiger partial charge in [-0.1, -0.05) is 23.2 Å². The van der Waals surface area contributed by atoms with E-state index in [2.05, 4.69) is 30.7 Å². The quantitative estimate of drug-likeness (QED) is 0.206. The Balaban J connectivity index is 1.41. The molecule has 4 rings (SSSR count). The Morgan fingerprint density at radius 3 is 1.05 bits per heavy atom. The van der Waals surface area contributed by atoms with Crippen LogP contribution in [-0.4, -0.2) is 28.2 Å². The second kappa shape index (κ2) is 12.4. The molecule has 8 nitrogen and oxygen atoms in total. The van der Waals surface area contributed by atoms with Gasteiger partial charge in [-0.15, -0.1) is 10.2 Å². The zero-order valence-electron chi connectivity index (χ0n) is 21.4. The maximum absolute atomic E-state index is 6.40. The summed E-state index contributed by atoms with van der Waals surface area (Å²) in [5.74, 6) is 0. The van der Waals surface area contributed by atoms with E-state index in [1.165, 1.54) is 0 Å². The van der Waals surface area contributed by atoms with Gasteiger partial charge in [0.05, 0.1) is 32.8 Å². The monoisotopic (exact) mass is 544 g/mol. The predicted molar refractivity (Wildman–Crippen MR) is 157 cm³/mol. The van der Waals surface area contributed by atoms with Crippen molar-refractivity contribution in [2.45, 2.75) is 0 Å². The van der Waals surface area contributed by atoms with E-state index in [-0.39, 0.29) is 0 Å². The molecular weight excluding hydrogens is 519 g/mol. The fourth-order valence-corrected chi connectivity index (χ4v) is 3.68. The van der Waals surface area contributed by atoms with Gasteiger partial charge < -0.3 is 9.80 Å². The summed E-state index contributed by atoms with van der Waals surface area (Å²) in [5, 5.41) is 26.3. The minimum Gasteiger partial charge on any atom is -0.378 e. The van der Waals surface area contributed by atoms with Gasteiger partial charge in [0.1, 0.15) is 11.4 Å². The van der Waals surface area contributed by atoms with Gasteiger partial charge in [0.25, 0.3) is 0 Å². The third kappa shape index (κ3) is 7.21. The Bertz CT molecular complexity index is 1370. The molecule has 0 radical (unpaired) electrons. The van der Waals surface area contributed by atoms with Gasteiger partial charge in [0, 0.05) is 39.6 Å². The van der Waals surface area contributed by atoms with Crippen LogP contribution in [0.15, 0.2) is 116 Å². The van der Waals surface area contributed by atoms with E-state index < -0.39 is 0 Å². The van der Waals surface area contributed by atoms with Crippen LogP contribution in [0.4, 0.5) is 45.5 Å². The van der Waals surface area contributed by atoms with Crippen LogP contribution in [0.1, 0.15) is 0 Å². The normalized spacial score (nSPS) is 11.6. The third-order valence-corrected chi connectivity index (χ3v) is 6.03. The predicted octanol–water partition coefficient (Wildman–Crippen LogP) is 10.4. The number of halogens is 2. The minimum atomic E-state index is 0.398. The lowest BCUT2D eigenvalue weighted by Crippen LogP contribution is -2.07. The highest BCUT2D eigenvalue weighted by Crippen LogP contribution is 2.35. The average molecular weight is 545 g/mol. The van der Waals surface area contributed by atoms with Crippen molar-refractivity contribution in [1.29, 1.82) is 0 Å². The second-order valence-corrected chi connectivity index (χ2v) is 9.51. The first-order valence-corrected chi connectivity index (χ1v) is 12.4. The maximum atomic E-state index is 6.40. The first kappa shape index (κ1) is 26.9. The van der Waals surface area contributed by atoms with Crippen LogP contribution in [-0.2, 0) is 0 Å². The Hall–Kier alpha value is -4.14. The van der Waals surface area contributed by atoms with Crippen LogP contribution in [0.25, 0.3) is 0 Å². The van der Waals surface area contributed by atoms with Gasteiger partial charge in [0.15, 0.2) is 0 Å². The molecule has 0 aliphatic heterocycles. The molecular formula is C28H26Cl2N8. The molecule has 38 heavy (non-hydrogen) atoms. The lowest BCUT2D eigenvalue weighted by Gasteiger charge is -2.11. The number of nitrogens with zero attached hydrogens (tertiary/aromatic N) is 8. The summed E-state index contributed by atoms with van der Waals surface area (Å²) in [6.45, 7) is 0. The standard InChI is InChI=1S/C28H26Cl2N8/c1-37(2)23-11-5-19(6-12-23)31-33-21-9-15-27(25(29)17-21)35-36-28-16-10-22(18-26(28)30)34-32-20-7-13-24(14-8-20)38(3)4/h5-18H,1-4H3. The Labute approximate surface area is 232 Å². The zero-order chi connectivity index (χ0) is 27.1. The van der Waals surface area contributed by atoms with E-state index in [9.17, 15) is 0 Å². The first-order valence-electron chi connectivity index (χ1n) is 11.7. The fraction of sp³-hybridized carbons (Fsp3) is 0.143. The highest BCUT2D eigenvalue weighted by molar-refractivity contribution is 6.33. The van der Waals surface area contributed by atoms with Crippen molar-refractivity contribution in [3.8, 4) is 0 Å². The van der Waals surface area contributed by atoms with Crippen molar-refractivity contribution in [2.24, 2.45) is 30.7 Å². The van der Waals surface area contributed by atoms with Crippen molar-refractivity contribution in [3.63, 3.8) is 0 Å². The maximum Gasteiger partial charge on any atom is 0.104 e. The molecule has 0 aliphatic carbocycles. The summed E-state index contributed by atoms with van der Waals surface area (Å²) in [6.07, 6.45) is 0. The summed E-state index contributed by atoms with van der Waals surface area (Å²) in [4.78, 5) is 4.04. The Morgan fingerprint density at radius 1 is 0.421 bits per heavy atom. The average Bonchev–Trinajstić information content (AvgIpc) is 2.91. The number of anilines is 2. The fourth-order valence-electron chi connectivity index (χ4n) is 3.25. The third-order valence-electron chi connectivity index (χ3n) is 5.42. The Morgan fingerprint density at radius 2 is 0.737 bits per heavy atom. The van der Waals surface area contributed by atoms with Crippen molar-refractivity contribution in [2.75, 3.05) is 38.0 Å². The van der Waals surface area contributed by atoms with Crippen molar-refractivity contribution in [3.05, 3.63) is 95.0 Å².